The normalized spacial score (nSPS) is 38.6. The number of carbonyl (C=O) groups excluding carboxylic acids is 3. The molecular formula is C29H42O9. The molecule has 0 aromatic carbocycles. The maximum Gasteiger partial charge on any atom is 0.309 e. The lowest BCUT2D eigenvalue weighted by atomic mass is 9.44. The lowest BCUT2D eigenvalue weighted by Gasteiger charge is -2.62. The molecule has 1 aliphatic heterocycles. The van der Waals surface area contributed by atoms with Crippen molar-refractivity contribution in [1.29, 1.82) is 0 Å². The molecule has 2 aliphatic carbocycles. The Labute approximate surface area is 224 Å². The molecule has 1 spiro atoms. The van der Waals surface area contributed by atoms with Crippen LogP contribution in [-0.4, -0.2) is 59.0 Å². The fourth-order valence-electron chi connectivity index (χ4n) is 6.48. The summed E-state index contributed by atoms with van der Waals surface area (Å²) in [7, 11) is 0. The molecular weight excluding hydrogens is 492 g/mol. The minimum Gasteiger partial charge on any atom is -0.458 e. The monoisotopic (exact) mass is 534 g/mol. The standard InChI is InChI=1S/C29H42O9/c1-9-15(3)11-12-28(8)17(5)23(32)24(33)29-21(26(35-18(6)30)38-27(29)36-19(7)31)13-20(14-22(28)29)37-25(34)16(4)10-2/h9,13,16-17,20,22-24,26-27,32-33H,1,3,10-12,14H2,2,4-8H3/t16-,17-,20+,22-,23+,24+,26+,27+,28-,29+/m1/s1. The molecule has 1 saturated carbocycles. The van der Waals surface area contributed by atoms with Crippen molar-refractivity contribution in [2.75, 3.05) is 0 Å². The molecule has 9 heteroatoms. The first-order valence-corrected chi connectivity index (χ1v) is 13.3. The van der Waals surface area contributed by atoms with E-state index in [0.29, 0.717) is 24.8 Å². The summed E-state index contributed by atoms with van der Waals surface area (Å²) in [4.78, 5) is 37.0. The number of esters is 3. The summed E-state index contributed by atoms with van der Waals surface area (Å²) in [5.74, 6) is -2.89. The van der Waals surface area contributed by atoms with Gasteiger partial charge < -0.3 is 24.4 Å². The summed E-state index contributed by atoms with van der Waals surface area (Å²) in [6, 6.07) is 0. The molecule has 0 radical (unpaired) electrons. The summed E-state index contributed by atoms with van der Waals surface area (Å²) >= 11 is 0. The Hall–Kier alpha value is -2.49. The van der Waals surface area contributed by atoms with E-state index in [-0.39, 0.29) is 18.3 Å². The summed E-state index contributed by atoms with van der Waals surface area (Å²) < 4.78 is 23.0. The van der Waals surface area contributed by atoms with Gasteiger partial charge in [0.2, 0.25) is 12.6 Å². The van der Waals surface area contributed by atoms with Gasteiger partial charge in [0.25, 0.3) is 0 Å². The van der Waals surface area contributed by atoms with Gasteiger partial charge in [-0.3, -0.25) is 19.1 Å². The van der Waals surface area contributed by atoms with Gasteiger partial charge >= 0.3 is 17.9 Å². The van der Waals surface area contributed by atoms with Crippen LogP contribution >= 0.6 is 0 Å². The predicted octanol–water partition coefficient (Wildman–Crippen LogP) is 3.59. The van der Waals surface area contributed by atoms with Crippen LogP contribution in [0.25, 0.3) is 0 Å². The largest absolute Gasteiger partial charge is 0.458 e. The lowest BCUT2D eigenvalue weighted by Crippen LogP contribution is -2.68. The van der Waals surface area contributed by atoms with Crippen molar-refractivity contribution in [3.63, 3.8) is 0 Å². The van der Waals surface area contributed by atoms with Crippen LogP contribution in [0.5, 0.6) is 0 Å². The molecule has 0 unspecified atom stereocenters. The molecule has 2 fully saturated rings. The maximum atomic E-state index is 12.8. The van der Waals surface area contributed by atoms with Crippen LogP contribution in [0.3, 0.4) is 0 Å². The van der Waals surface area contributed by atoms with Crippen molar-refractivity contribution in [3.8, 4) is 0 Å². The SMILES string of the molecule is C=CC(=C)CC[C@]1(C)[C@H](C)[C@H](O)[C@H](O)[C@]23C(=C[C@H](OC(=O)[C@H](C)CC)C[C@H]12)[C@@H](OC(C)=O)O[C@@H]3OC(C)=O. The molecule has 1 saturated heterocycles. The van der Waals surface area contributed by atoms with Crippen molar-refractivity contribution < 1.29 is 43.5 Å². The van der Waals surface area contributed by atoms with E-state index in [9.17, 15) is 24.6 Å². The molecule has 0 amide bonds. The third kappa shape index (κ3) is 5.08. The first-order chi connectivity index (χ1) is 17.7. The van der Waals surface area contributed by atoms with Crippen LogP contribution in [0, 0.1) is 28.6 Å². The van der Waals surface area contributed by atoms with Gasteiger partial charge in [0.05, 0.1) is 23.5 Å². The number of carbonyl (C=O) groups is 3. The molecule has 0 bridgehead atoms. The Morgan fingerprint density at radius 2 is 1.84 bits per heavy atom. The summed E-state index contributed by atoms with van der Waals surface area (Å²) in [5, 5.41) is 23.2. The second-order valence-electron chi connectivity index (χ2n) is 11.2. The molecule has 10 atom stereocenters. The predicted molar refractivity (Wildman–Crippen MR) is 138 cm³/mol. The average Bonchev–Trinajstić information content (AvgIpc) is 3.15. The highest BCUT2D eigenvalue weighted by Crippen LogP contribution is 2.67. The van der Waals surface area contributed by atoms with E-state index in [0.717, 1.165) is 5.57 Å². The molecule has 0 aromatic rings. The second-order valence-corrected chi connectivity index (χ2v) is 11.2. The Morgan fingerprint density at radius 1 is 1.21 bits per heavy atom. The topological polar surface area (TPSA) is 129 Å². The lowest BCUT2D eigenvalue weighted by molar-refractivity contribution is -0.274. The Balaban J connectivity index is 2.24. The van der Waals surface area contributed by atoms with E-state index in [1.807, 2.05) is 20.8 Å². The number of hydrogen-bond donors (Lipinski definition) is 2. The first kappa shape index (κ1) is 30.1. The quantitative estimate of drug-likeness (QED) is 0.197. The van der Waals surface area contributed by atoms with Gasteiger partial charge in [-0.05, 0) is 49.0 Å². The second kappa shape index (κ2) is 11.3. The zero-order valence-electron chi connectivity index (χ0n) is 23.3. The number of rotatable bonds is 9. The molecule has 2 N–H and O–H groups in total. The smallest absolute Gasteiger partial charge is 0.309 e. The molecule has 212 valence electrons. The zero-order valence-corrected chi connectivity index (χ0v) is 23.3. The number of aliphatic hydroxyl groups excluding tert-OH is 2. The van der Waals surface area contributed by atoms with Crippen molar-refractivity contribution in [2.24, 2.45) is 28.6 Å². The van der Waals surface area contributed by atoms with E-state index < -0.39 is 65.5 Å². The molecule has 1 heterocycles. The average molecular weight is 535 g/mol. The molecule has 0 aromatic heterocycles. The highest BCUT2D eigenvalue weighted by Gasteiger charge is 2.73. The van der Waals surface area contributed by atoms with Crippen molar-refractivity contribution in [2.45, 2.75) is 98.1 Å². The van der Waals surface area contributed by atoms with Crippen molar-refractivity contribution in [1.82, 2.24) is 0 Å². The van der Waals surface area contributed by atoms with Crippen LogP contribution in [0.2, 0.25) is 0 Å². The van der Waals surface area contributed by atoms with Gasteiger partial charge in [0.15, 0.2) is 0 Å². The minimum atomic E-state index is -1.44. The maximum absolute atomic E-state index is 12.8. The van der Waals surface area contributed by atoms with Crippen LogP contribution < -0.4 is 0 Å². The van der Waals surface area contributed by atoms with Gasteiger partial charge in [0, 0.05) is 19.4 Å². The third-order valence-corrected chi connectivity index (χ3v) is 9.06. The zero-order chi connectivity index (χ0) is 28.6. The van der Waals surface area contributed by atoms with Gasteiger partial charge in [-0.25, -0.2) is 0 Å². The molecule has 9 nitrogen and oxygen atoms in total. The van der Waals surface area contributed by atoms with Gasteiger partial charge in [-0.15, -0.1) is 0 Å². The number of aliphatic hydroxyl groups is 2. The van der Waals surface area contributed by atoms with Crippen LogP contribution in [0.1, 0.15) is 67.2 Å². The summed E-state index contributed by atoms with van der Waals surface area (Å²) in [5.41, 5.74) is -0.972. The Kier molecular flexibility index (Phi) is 8.95. The van der Waals surface area contributed by atoms with Gasteiger partial charge in [0.1, 0.15) is 6.10 Å². The Bertz CT molecular complexity index is 1000. The van der Waals surface area contributed by atoms with E-state index in [1.54, 1.807) is 19.1 Å². The minimum absolute atomic E-state index is 0.283. The van der Waals surface area contributed by atoms with E-state index in [4.69, 9.17) is 18.9 Å². The third-order valence-electron chi connectivity index (χ3n) is 9.06. The number of allylic oxidation sites excluding steroid dienone is 2. The summed E-state index contributed by atoms with van der Waals surface area (Å²) in [6.45, 7) is 17.8. The molecule has 3 aliphatic rings. The molecule has 3 rings (SSSR count). The van der Waals surface area contributed by atoms with Gasteiger partial charge in [-0.2, -0.15) is 0 Å². The van der Waals surface area contributed by atoms with Crippen LogP contribution in [0.4, 0.5) is 0 Å². The molecule has 38 heavy (non-hydrogen) atoms. The van der Waals surface area contributed by atoms with Crippen molar-refractivity contribution in [3.05, 3.63) is 36.5 Å². The van der Waals surface area contributed by atoms with Crippen molar-refractivity contribution >= 4 is 17.9 Å². The van der Waals surface area contributed by atoms with Crippen LogP contribution in [-0.2, 0) is 33.3 Å². The van der Waals surface area contributed by atoms with E-state index in [2.05, 4.69) is 13.2 Å². The highest BCUT2D eigenvalue weighted by molar-refractivity contribution is 5.72. The van der Waals surface area contributed by atoms with E-state index >= 15 is 0 Å². The number of hydrogen-bond acceptors (Lipinski definition) is 9. The van der Waals surface area contributed by atoms with Gasteiger partial charge in [-0.1, -0.05) is 52.5 Å². The summed E-state index contributed by atoms with van der Waals surface area (Å²) in [6.07, 6.45) is -0.661. The van der Waals surface area contributed by atoms with Crippen LogP contribution in [0.15, 0.2) is 36.5 Å². The fourth-order valence-corrected chi connectivity index (χ4v) is 6.48. The van der Waals surface area contributed by atoms with E-state index in [1.165, 1.54) is 13.8 Å². The fraction of sp³-hybridized carbons (Fsp3) is 0.690. The first-order valence-electron chi connectivity index (χ1n) is 13.3. The highest BCUT2D eigenvalue weighted by atomic mass is 16.8. The Morgan fingerprint density at radius 3 is 2.39 bits per heavy atom. The number of ether oxygens (including phenoxy) is 4.